The summed E-state index contributed by atoms with van der Waals surface area (Å²) < 4.78 is 10.8. The first-order valence-corrected chi connectivity index (χ1v) is 11.0. The Bertz CT molecular complexity index is 982. The molecule has 5 nitrogen and oxygen atoms in total. The number of methoxy groups -OCH3 is 2. The van der Waals surface area contributed by atoms with Gasteiger partial charge in [0, 0.05) is 50.3 Å². The quantitative estimate of drug-likeness (QED) is 0.501. The predicted octanol–water partition coefficient (Wildman–Crippen LogP) is 4.51. The maximum Gasteiger partial charge on any atom is 0.224 e. The summed E-state index contributed by atoms with van der Waals surface area (Å²) in [6, 6.07) is 26.8. The molecule has 32 heavy (non-hydrogen) atoms. The fourth-order valence-electron chi connectivity index (χ4n) is 4.29. The Morgan fingerprint density at radius 1 is 0.875 bits per heavy atom. The summed E-state index contributed by atoms with van der Waals surface area (Å²) in [5, 5.41) is 0. The lowest BCUT2D eigenvalue weighted by Gasteiger charge is -2.29. The number of hydrogen-bond donors (Lipinski definition) is 0. The summed E-state index contributed by atoms with van der Waals surface area (Å²) in [5.41, 5.74) is 3.50. The number of hydrogen-bond acceptors (Lipinski definition) is 4. The van der Waals surface area contributed by atoms with E-state index >= 15 is 0 Å². The van der Waals surface area contributed by atoms with E-state index in [4.69, 9.17) is 9.47 Å². The zero-order valence-electron chi connectivity index (χ0n) is 18.7. The highest BCUT2D eigenvalue weighted by atomic mass is 16.5. The molecule has 166 valence electrons. The van der Waals surface area contributed by atoms with Crippen molar-refractivity contribution in [3.63, 3.8) is 0 Å². The second kappa shape index (κ2) is 10.3. The zero-order chi connectivity index (χ0) is 22.3. The summed E-state index contributed by atoms with van der Waals surface area (Å²) in [7, 11) is 3.28. The van der Waals surface area contributed by atoms with Gasteiger partial charge in [0.2, 0.25) is 5.91 Å². The summed E-state index contributed by atoms with van der Waals surface area (Å²) in [6.07, 6.45) is 0.526. The van der Waals surface area contributed by atoms with E-state index in [1.807, 2.05) is 35.2 Å². The first kappa shape index (κ1) is 21.9. The van der Waals surface area contributed by atoms with Crippen molar-refractivity contribution in [1.29, 1.82) is 0 Å². The Kier molecular flexibility index (Phi) is 7.07. The molecule has 1 amide bonds. The molecule has 0 bridgehead atoms. The lowest BCUT2D eigenvalue weighted by Crippen LogP contribution is -2.36. The van der Waals surface area contributed by atoms with E-state index in [1.165, 1.54) is 11.1 Å². The molecule has 0 unspecified atom stereocenters. The van der Waals surface area contributed by atoms with Gasteiger partial charge in [-0.1, -0.05) is 60.7 Å². The predicted molar refractivity (Wildman–Crippen MR) is 125 cm³/mol. The highest BCUT2D eigenvalue weighted by Crippen LogP contribution is 2.29. The van der Waals surface area contributed by atoms with Crippen LogP contribution in [-0.4, -0.2) is 42.5 Å². The maximum atomic E-state index is 13.0. The minimum Gasteiger partial charge on any atom is -0.497 e. The van der Waals surface area contributed by atoms with Crippen LogP contribution in [0, 0.1) is 0 Å². The maximum absolute atomic E-state index is 13.0. The SMILES string of the molecule is COc1ccc(CN2C[C@@H](N(Cc3ccccc3)Cc3ccccc3)CC2=O)c(OC)c1. The highest BCUT2D eigenvalue weighted by molar-refractivity contribution is 5.79. The van der Waals surface area contributed by atoms with Crippen molar-refractivity contribution >= 4 is 5.91 Å². The number of rotatable bonds is 9. The second-order valence-electron chi connectivity index (χ2n) is 8.19. The Balaban J connectivity index is 1.51. The number of likely N-dealkylation sites (tertiary alicyclic amines) is 1. The lowest BCUT2D eigenvalue weighted by molar-refractivity contribution is -0.128. The Hall–Kier alpha value is -3.31. The van der Waals surface area contributed by atoms with Crippen LogP contribution in [0.5, 0.6) is 11.5 Å². The molecule has 0 aliphatic carbocycles. The van der Waals surface area contributed by atoms with Crippen molar-refractivity contribution < 1.29 is 14.3 Å². The van der Waals surface area contributed by atoms with E-state index in [-0.39, 0.29) is 11.9 Å². The number of carbonyl (C=O) groups is 1. The van der Waals surface area contributed by atoms with Crippen molar-refractivity contribution in [2.24, 2.45) is 0 Å². The number of nitrogens with zero attached hydrogens (tertiary/aromatic N) is 2. The summed E-state index contributed by atoms with van der Waals surface area (Å²) >= 11 is 0. The molecule has 5 heteroatoms. The van der Waals surface area contributed by atoms with Crippen molar-refractivity contribution in [3.05, 3.63) is 95.6 Å². The molecule has 0 radical (unpaired) electrons. The van der Waals surface area contributed by atoms with Gasteiger partial charge in [-0.25, -0.2) is 0 Å². The molecule has 1 heterocycles. The van der Waals surface area contributed by atoms with E-state index in [1.54, 1.807) is 14.2 Å². The molecule has 1 aliphatic heterocycles. The zero-order valence-corrected chi connectivity index (χ0v) is 18.7. The Morgan fingerprint density at radius 3 is 2.06 bits per heavy atom. The van der Waals surface area contributed by atoms with Crippen LogP contribution < -0.4 is 9.47 Å². The molecule has 3 aromatic rings. The molecule has 0 spiro atoms. The van der Waals surface area contributed by atoms with Gasteiger partial charge >= 0.3 is 0 Å². The standard InChI is InChI=1S/C27H30N2O3/c1-31-25-14-13-23(26(16-25)32-2)19-29-20-24(15-27(29)30)28(17-21-9-5-3-6-10-21)18-22-11-7-4-8-12-22/h3-14,16,24H,15,17-20H2,1-2H3/t24-/m0/s1. The first-order valence-electron chi connectivity index (χ1n) is 11.0. The van der Waals surface area contributed by atoms with Crippen LogP contribution in [0.2, 0.25) is 0 Å². The van der Waals surface area contributed by atoms with Gasteiger partial charge in [0.25, 0.3) is 0 Å². The highest BCUT2D eigenvalue weighted by Gasteiger charge is 2.34. The summed E-state index contributed by atoms with van der Waals surface area (Å²) in [5.74, 6) is 1.66. The van der Waals surface area contributed by atoms with Crippen LogP contribution in [0.25, 0.3) is 0 Å². The van der Waals surface area contributed by atoms with Crippen LogP contribution in [-0.2, 0) is 24.4 Å². The number of benzene rings is 3. The van der Waals surface area contributed by atoms with Crippen molar-refractivity contribution in [1.82, 2.24) is 9.80 Å². The minimum absolute atomic E-state index is 0.159. The van der Waals surface area contributed by atoms with Crippen LogP contribution >= 0.6 is 0 Å². The van der Waals surface area contributed by atoms with Gasteiger partial charge in [-0.05, 0) is 23.3 Å². The Labute approximate surface area is 190 Å². The monoisotopic (exact) mass is 430 g/mol. The van der Waals surface area contributed by atoms with Gasteiger partial charge in [0.1, 0.15) is 11.5 Å². The molecule has 0 N–H and O–H groups in total. The second-order valence-corrected chi connectivity index (χ2v) is 8.19. The first-order chi connectivity index (χ1) is 15.7. The molecule has 3 aromatic carbocycles. The van der Waals surface area contributed by atoms with Crippen molar-refractivity contribution in [2.75, 3.05) is 20.8 Å². The van der Waals surface area contributed by atoms with Gasteiger partial charge in [0.15, 0.2) is 0 Å². The average Bonchev–Trinajstić information content (AvgIpc) is 3.20. The lowest BCUT2D eigenvalue weighted by atomic mass is 10.1. The van der Waals surface area contributed by atoms with Crippen LogP contribution in [0.4, 0.5) is 0 Å². The van der Waals surface area contributed by atoms with E-state index in [0.29, 0.717) is 19.5 Å². The summed E-state index contributed by atoms with van der Waals surface area (Å²) in [6.45, 7) is 2.86. The van der Waals surface area contributed by atoms with Gasteiger partial charge in [-0.2, -0.15) is 0 Å². The van der Waals surface area contributed by atoms with Crippen molar-refractivity contribution in [3.8, 4) is 11.5 Å². The minimum atomic E-state index is 0.159. The molecule has 1 fully saturated rings. The van der Waals surface area contributed by atoms with Crippen LogP contribution in [0.15, 0.2) is 78.9 Å². The third kappa shape index (κ3) is 5.29. The fraction of sp³-hybridized carbons (Fsp3) is 0.296. The van der Waals surface area contributed by atoms with Gasteiger partial charge in [0.05, 0.1) is 14.2 Å². The molecule has 1 atom stereocenters. The third-order valence-corrected chi connectivity index (χ3v) is 6.02. The number of carbonyl (C=O) groups excluding carboxylic acids is 1. The van der Waals surface area contributed by atoms with E-state index in [0.717, 1.165) is 30.2 Å². The largest absolute Gasteiger partial charge is 0.497 e. The number of ether oxygens (including phenoxy) is 2. The fourth-order valence-corrected chi connectivity index (χ4v) is 4.29. The van der Waals surface area contributed by atoms with Gasteiger partial charge in [-0.3, -0.25) is 9.69 Å². The van der Waals surface area contributed by atoms with E-state index < -0.39 is 0 Å². The average molecular weight is 431 g/mol. The molecule has 1 aliphatic rings. The van der Waals surface area contributed by atoms with Gasteiger partial charge < -0.3 is 14.4 Å². The third-order valence-electron chi connectivity index (χ3n) is 6.02. The molecule has 1 saturated heterocycles. The normalized spacial score (nSPS) is 15.9. The molecular weight excluding hydrogens is 400 g/mol. The Morgan fingerprint density at radius 2 is 1.50 bits per heavy atom. The molecule has 0 saturated carbocycles. The molecule has 4 rings (SSSR count). The van der Waals surface area contributed by atoms with Gasteiger partial charge in [-0.15, -0.1) is 0 Å². The topological polar surface area (TPSA) is 42.0 Å². The molecule has 0 aromatic heterocycles. The molecular formula is C27H30N2O3. The van der Waals surface area contributed by atoms with E-state index in [2.05, 4.69) is 53.4 Å². The van der Waals surface area contributed by atoms with Crippen LogP contribution in [0.1, 0.15) is 23.1 Å². The van der Waals surface area contributed by atoms with Crippen LogP contribution in [0.3, 0.4) is 0 Å². The smallest absolute Gasteiger partial charge is 0.224 e. The van der Waals surface area contributed by atoms with Crippen molar-refractivity contribution in [2.45, 2.75) is 32.1 Å². The number of amides is 1. The summed E-state index contributed by atoms with van der Waals surface area (Å²) in [4.78, 5) is 17.3. The van der Waals surface area contributed by atoms with E-state index in [9.17, 15) is 4.79 Å².